The summed E-state index contributed by atoms with van der Waals surface area (Å²) in [5.41, 5.74) is 1.77. The monoisotopic (exact) mass is 330 g/mol. The second-order valence-corrected chi connectivity index (χ2v) is 7.02. The number of pyridine rings is 1. The van der Waals surface area contributed by atoms with E-state index in [0.717, 1.165) is 35.8 Å². The van der Waals surface area contributed by atoms with Crippen molar-refractivity contribution in [3.63, 3.8) is 0 Å². The summed E-state index contributed by atoms with van der Waals surface area (Å²) in [5.74, 6) is 2.75. The Kier molecular flexibility index (Phi) is 5.54. The Morgan fingerprint density at radius 2 is 1.91 bits per heavy atom. The van der Waals surface area contributed by atoms with Gasteiger partial charge in [0.2, 0.25) is 0 Å². The number of ether oxygens (including phenoxy) is 1. The van der Waals surface area contributed by atoms with Crippen LogP contribution in [0.25, 0.3) is 0 Å². The second-order valence-electron chi connectivity index (χ2n) is 5.92. The van der Waals surface area contributed by atoms with Crippen molar-refractivity contribution < 1.29 is 9.84 Å². The van der Waals surface area contributed by atoms with Crippen LogP contribution < -0.4 is 10.1 Å². The zero-order chi connectivity index (χ0) is 16.0. The number of nitrogens with zero attached hydrogens (tertiary/aromatic N) is 1. The van der Waals surface area contributed by atoms with Crippen molar-refractivity contribution in [1.29, 1.82) is 0 Å². The van der Waals surface area contributed by atoms with Gasteiger partial charge in [0.25, 0.3) is 0 Å². The fraction of sp³-hybridized carbons (Fsp3) is 0.389. The Morgan fingerprint density at radius 1 is 1.13 bits per heavy atom. The molecule has 23 heavy (non-hydrogen) atoms. The molecule has 0 amide bonds. The maximum Gasteiger partial charge on any atom is 0.119 e. The van der Waals surface area contributed by atoms with Crippen LogP contribution in [-0.2, 0) is 13.2 Å². The van der Waals surface area contributed by atoms with Crippen LogP contribution >= 0.6 is 11.8 Å². The number of hydrogen-bond acceptors (Lipinski definition) is 5. The van der Waals surface area contributed by atoms with Crippen LogP contribution in [0.2, 0.25) is 0 Å². The number of nitrogens with one attached hydrogen (secondary N) is 1. The van der Waals surface area contributed by atoms with E-state index in [4.69, 9.17) is 4.74 Å². The van der Waals surface area contributed by atoms with E-state index < -0.39 is 5.60 Å². The molecule has 1 saturated heterocycles. The molecular formula is C18H22N2O2S. The first-order valence-corrected chi connectivity index (χ1v) is 9.01. The summed E-state index contributed by atoms with van der Waals surface area (Å²) in [7, 11) is 0. The summed E-state index contributed by atoms with van der Waals surface area (Å²) in [6.07, 6.45) is 4.42. The van der Waals surface area contributed by atoms with Crippen LogP contribution in [0.15, 0.2) is 48.8 Å². The van der Waals surface area contributed by atoms with Crippen molar-refractivity contribution in [3.8, 4) is 5.75 Å². The Morgan fingerprint density at radius 3 is 2.61 bits per heavy atom. The van der Waals surface area contributed by atoms with Gasteiger partial charge in [0.05, 0.1) is 5.60 Å². The van der Waals surface area contributed by atoms with Crippen LogP contribution in [-0.4, -0.2) is 33.7 Å². The standard InChI is InChI=1S/C18H22N2O2S/c21-18(7-10-23-14-18)13-20-11-15-1-3-17(4-2-15)22-12-16-5-8-19-9-6-16/h1-6,8-9,20-21H,7,10-14H2. The molecule has 3 rings (SSSR count). The van der Waals surface area contributed by atoms with Gasteiger partial charge in [0.15, 0.2) is 0 Å². The van der Waals surface area contributed by atoms with Gasteiger partial charge in [-0.25, -0.2) is 0 Å². The summed E-state index contributed by atoms with van der Waals surface area (Å²) in [4.78, 5) is 3.99. The Labute approximate surface area is 141 Å². The van der Waals surface area contributed by atoms with Crippen molar-refractivity contribution in [1.82, 2.24) is 10.3 Å². The highest BCUT2D eigenvalue weighted by Gasteiger charge is 2.30. The summed E-state index contributed by atoms with van der Waals surface area (Å²) >= 11 is 1.82. The van der Waals surface area contributed by atoms with E-state index >= 15 is 0 Å². The molecule has 1 unspecified atom stereocenters. The Balaban J connectivity index is 1.43. The third-order valence-corrected chi connectivity index (χ3v) is 5.18. The van der Waals surface area contributed by atoms with Crippen molar-refractivity contribution >= 4 is 11.8 Å². The molecule has 1 aliphatic heterocycles. The van der Waals surface area contributed by atoms with E-state index in [1.54, 1.807) is 12.4 Å². The lowest BCUT2D eigenvalue weighted by molar-refractivity contribution is 0.0674. The van der Waals surface area contributed by atoms with E-state index in [0.29, 0.717) is 13.2 Å². The lowest BCUT2D eigenvalue weighted by Crippen LogP contribution is -2.40. The second kappa shape index (κ2) is 7.81. The summed E-state index contributed by atoms with van der Waals surface area (Å²) in [6, 6.07) is 12.0. The van der Waals surface area contributed by atoms with Crippen molar-refractivity contribution in [2.45, 2.75) is 25.2 Å². The van der Waals surface area contributed by atoms with Crippen LogP contribution in [0.3, 0.4) is 0 Å². The van der Waals surface area contributed by atoms with Crippen molar-refractivity contribution in [2.75, 3.05) is 18.1 Å². The number of aromatic nitrogens is 1. The van der Waals surface area contributed by atoms with Gasteiger partial charge in [-0.1, -0.05) is 12.1 Å². The zero-order valence-electron chi connectivity index (χ0n) is 13.1. The SMILES string of the molecule is OC1(CNCc2ccc(OCc3ccncc3)cc2)CCSC1. The predicted octanol–water partition coefficient (Wildman–Crippen LogP) is 2.62. The first kappa shape index (κ1) is 16.3. The smallest absolute Gasteiger partial charge is 0.119 e. The fourth-order valence-electron chi connectivity index (χ4n) is 2.52. The molecule has 0 saturated carbocycles. The molecule has 0 spiro atoms. The Bertz CT molecular complexity index is 598. The molecule has 1 atom stereocenters. The van der Waals surface area contributed by atoms with Gasteiger partial charge in [-0.05, 0) is 47.6 Å². The third kappa shape index (κ3) is 4.96. The molecule has 122 valence electrons. The number of aliphatic hydroxyl groups is 1. The molecule has 5 heteroatoms. The predicted molar refractivity (Wildman–Crippen MR) is 93.6 cm³/mol. The first-order valence-electron chi connectivity index (χ1n) is 7.85. The number of hydrogen-bond donors (Lipinski definition) is 2. The van der Waals surface area contributed by atoms with Gasteiger partial charge in [-0.2, -0.15) is 11.8 Å². The van der Waals surface area contributed by atoms with E-state index in [-0.39, 0.29) is 0 Å². The zero-order valence-corrected chi connectivity index (χ0v) is 13.9. The quantitative estimate of drug-likeness (QED) is 0.817. The molecule has 1 aromatic carbocycles. The maximum atomic E-state index is 10.3. The maximum absolute atomic E-state index is 10.3. The normalized spacial score (nSPS) is 20.6. The highest BCUT2D eigenvalue weighted by Crippen LogP contribution is 2.27. The van der Waals surface area contributed by atoms with Crippen LogP contribution in [0.5, 0.6) is 5.75 Å². The van der Waals surface area contributed by atoms with Crippen LogP contribution in [0, 0.1) is 0 Å². The molecule has 2 N–H and O–H groups in total. The van der Waals surface area contributed by atoms with E-state index in [1.807, 2.05) is 36.0 Å². The molecule has 0 bridgehead atoms. The average molecular weight is 330 g/mol. The van der Waals surface area contributed by atoms with Gasteiger partial charge >= 0.3 is 0 Å². The molecule has 0 aliphatic carbocycles. The first-order chi connectivity index (χ1) is 11.2. The lowest BCUT2D eigenvalue weighted by atomic mass is 10.0. The minimum Gasteiger partial charge on any atom is -0.489 e. The summed E-state index contributed by atoms with van der Waals surface area (Å²) in [6.45, 7) is 1.96. The molecular weight excluding hydrogens is 308 g/mol. The largest absolute Gasteiger partial charge is 0.489 e. The van der Waals surface area contributed by atoms with E-state index in [2.05, 4.69) is 22.4 Å². The molecule has 2 heterocycles. The minimum atomic E-state index is -0.530. The van der Waals surface area contributed by atoms with Gasteiger partial charge in [-0.15, -0.1) is 0 Å². The van der Waals surface area contributed by atoms with Gasteiger partial charge in [0.1, 0.15) is 12.4 Å². The fourth-order valence-corrected chi connectivity index (χ4v) is 3.82. The van der Waals surface area contributed by atoms with Crippen LogP contribution in [0.1, 0.15) is 17.5 Å². The summed E-state index contributed by atoms with van der Waals surface area (Å²) in [5, 5.41) is 13.6. The average Bonchev–Trinajstić information content (AvgIpc) is 3.02. The number of benzene rings is 1. The lowest BCUT2D eigenvalue weighted by Gasteiger charge is -2.21. The molecule has 1 aromatic heterocycles. The molecule has 1 aliphatic rings. The highest BCUT2D eigenvalue weighted by molar-refractivity contribution is 7.99. The van der Waals surface area contributed by atoms with Gasteiger partial charge in [-0.3, -0.25) is 4.98 Å². The van der Waals surface area contributed by atoms with Crippen LogP contribution in [0.4, 0.5) is 0 Å². The third-order valence-electron chi connectivity index (χ3n) is 3.94. The molecule has 2 aromatic rings. The van der Waals surface area contributed by atoms with Gasteiger partial charge < -0.3 is 15.2 Å². The molecule has 4 nitrogen and oxygen atoms in total. The van der Waals surface area contributed by atoms with Gasteiger partial charge in [0, 0.05) is 31.2 Å². The topological polar surface area (TPSA) is 54.4 Å². The van der Waals surface area contributed by atoms with Crippen molar-refractivity contribution in [2.24, 2.45) is 0 Å². The van der Waals surface area contributed by atoms with E-state index in [9.17, 15) is 5.11 Å². The summed E-state index contributed by atoms with van der Waals surface area (Å²) < 4.78 is 5.76. The molecule has 0 radical (unpaired) electrons. The number of thioether (sulfide) groups is 1. The van der Waals surface area contributed by atoms with Crippen molar-refractivity contribution in [3.05, 3.63) is 59.9 Å². The Hall–Kier alpha value is -1.56. The highest BCUT2D eigenvalue weighted by atomic mass is 32.2. The minimum absolute atomic E-state index is 0.530. The van der Waals surface area contributed by atoms with E-state index in [1.165, 1.54) is 5.56 Å². The number of rotatable bonds is 7. The molecule has 1 fully saturated rings.